The summed E-state index contributed by atoms with van der Waals surface area (Å²) in [5.74, 6) is -10.5. The van der Waals surface area contributed by atoms with Crippen molar-refractivity contribution >= 4 is 93.9 Å². The maximum Gasteiger partial charge on any atom is 0.738 e. The van der Waals surface area contributed by atoms with Gasteiger partial charge in [-0.2, -0.15) is 0 Å². The topological polar surface area (TPSA) is 34.2 Å². The molecule has 10 rings (SSSR count). The van der Waals surface area contributed by atoms with Crippen LogP contribution in [0.15, 0.2) is 67.8 Å². The van der Waals surface area contributed by atoms with Gasteiger partial charge in [0.1, 0.15) is 11.3 Å². The van der Waals surface area contributed by atoms with Crippen LogP contribution < -0.4 is 15.3 Å². The van der Waals surface area contributed by atoms with Gasteiger partial charge in [0.2, 0.25) is 11.2 Å². The van der Waals surface area contributed by atoms with Crippen LogP contribution in [-0.2, 0) is 0 Å². The second-order valence-corrected chi connectivity index (χ2v) is 15.0. The van der Waals surface area contributed by atoms with E-state index in [2.05, 4.69) is 0 Å². The summed E-state index contributed by atoms with van der Waals surface area (Å²) in [5.41, 5.74) is -3.14. The van der Waals surface area contributed by atoms with Crippen LogP contribution in [0.5, 0.6) is 0 Å². The first-order valence-corrected chi connectivity index (χ1v) is 17.2. The van der Waals surface area contributed by atoms with E-state index in [1.165, 1.54) is 57.5 Å². The molecule has 0 amide bonds. The van der Waals surface area contributed by atoms with Crippen molar-refractivity contribution in [2.24, 2.45) is 0 Å². The maximum atomic E-state index is 17.0. The summed E-state index contributed by atoms with van der Waals surface area (Å²) in [7, 11) is 0. The van der Waals surface area contributed by atoms with Crippen LogP contribution in [0.2, 0.25) is 0 Å². The predicted octanol–water partition coefficient (Wildman–Crippen LogP) is 9.39. The lowest BCUT2D eigenvalue weighted by Crippen LogP contribution is -2.56. The Bertz CT molecular complexity index is 2780. The van der Waals surface area contributed by atoms with E-state index >= 15 is 17.4 Å². The molecule has 0 bridgehead atoms. The number of allylic oxidation sites excluding steroid dienone is 1. The molecule has 0 saturated carbocycles. The zero-order valence-corrected chi connectivity index (χ0v) is 26.1. The summed E-state index contributed by atoms with van der Waals surface area (Å²) in [6.07, 6.45) is 1.14. The lowest BCUT2D eigenvalue weighted by molar-refractivity contribution is 0.376. The molecule has 0 atom stereocenters. The quantitative estimate of drug-likeness (QED) is 0.0792. The highest BCUT2D eigenvalue weighted by Crippen LogP contribution is 2.46. The van der Waals surface area contributed by atoms with Crippen molar-refractivity contribution < 1.29 is 39.4 Å². The molecule has 16 heteroatoms. The molecule has 9 heterocycles. The van der Waals surface area contributed by atoms with Crippen LogP contribution in [0.1, 0.15) is 11.3 Å². The minimum absolute atomic E-state index is 0.0526. The zero-order valence-electron chi connectivity index (χ0n) is 22.8. The number of furan rings is 2. The van der Waals surface area contributed by atoms with E-state index in [0.29, 0.717) is 18.7 Å². The van der Waals surface area contributed by atoms with Crippen molar-refractivity contribution in [3.63, 3.8) is 0 Å². The molecular formula is C31H10BF7N2O2S4. The summed E-state index contributed by atoms with van der Waals surface area (Å²) in [6, 6.07) is 11.5. The van der Waals surface area contributed by atoms with Gasteiger partial charge in [-0.3, -0.25) is 0 Å². The number of aromatic nitrogens is 1. The van der Waals surface area contributed by atoms with Gasteiger partial charge >= 0.3 is 6.97 Å². The predicted molar refractivity (Wildman–Crippen MR) is 171 cm³/mol. The first kappa shape index (κ1) is 27.7. The third-order valence-corrected chi connectivity index (χ3v) is 12.6. The van der Waals surface area contributed by atoms with E-state index in [1.807, 2.05) is 35.0 Å². The van der Waals surface area contributed by atoms with Crippen LogP contribution in [0, 0.1) is 29.1 Å². The molecule has 0 unspecified atom stereocenters. The van der Waals surface area contributed by atoms with Crippen molar-refractivity contribution in [3.8, 4) is 21.3 Å². The number of halogens is 7. The molecule has 0 saturated heterocycles. The van der Waals surface area contributed by atoms with Gasteiger partial charge in [0, 0.05) is 36.6 Å². The lowest BCUT2D eigenvalue weighted by atomic mass is 9.85. The lowest BCUT2D eigenvalue weighted by Gasteiger charge is -2.31. The highest BCUT2D eigenvalue weighted by molar-refractivity contribution is 7.29. The Morgan fingerprint density at radius 3 is 1.89 bits per heavy atom. The fraction of sp³-hybridized carbons (Fsp3) is 0. The molecule has 0 radical (unpaired) electrons. The van der Waals surface area contributed by atoms with Crippen LogP contribution in [0.25, 0.3) is 62.8 Å². The Kier molecular flexibility index (Phi) is 5.40. The van der Waals surface area contributed by atoms with E-state index < -0.39 is 58.6 Å². The van der Waals surface area contributed by atoms with Gasteiger partial charge in [0.05, 0.1) is 38.5 Å². The van der Waals surface area contributed by atoms with Gasteiger partial charge in [-0.25, -0.2) is 22.0 Å². The second-order valence-electron chi connectivity index (χ2n) is 10.9. The molecule has 8 aromatic rings. The van der Waals surface area contributed by atoms with Crippen molar-refractivity contribution in [2.75, 3.05) is 0 Å². The fourth-order valence-electron chi connectivity index (χ4n) is 6.42. The molecule has 0 aliphatic carbocycles. The van der Waals surface area contributed by atoms with Crippen LogP contribution in [0.3, 0.4) is 0 Å². The van der Waals surface area contributed by atoms with Crippen molar-refractivity contribution in [1.29, 1.82) is 0 Å². The molecule has 2 aliphatic rings. The second kappa shape index (κ2) is 9.15. The minimum Gasteiger partial charge on any atom is -0.454 e. The van der Waals surface area contributed by atoms with Crippen LogP contribution in [-0.4, -0.2) is 11.4 Å². The molecule has 47 heavy (non-hydrogen) atoms. The number of hydrogen-bond donors (Lipinski definition) is 0. The number of rotatable bonds is 3. The van der Waals surface area contributed by atoms with Gasteiger partial charge in [-0.1, -0.05) is 0 Å². The van der Waals surface area contributed by atoms with Crippen LogP contribution >= 0.6 is 45.3 Å². The van der Waals surface area contributed by atoms with Gasteiger partial charge in [0.25, 0.3) is 0 Å². The summed E-state index contributed by atoms with van der Waals surface area (Å²) in [4.78, 5) is 1.35. The summed E-state index contributed by atoms with van der Waals surface area (Å²) >= 11 is 5.81. The van der Waals surface area contributed by atoms with Crippen LogP contribution in [0.4, 0.5) is 30.6 Å². The highest BCUT2D eigenvalue weighted by Gasteiger charge is 2.55. The fourth-order valence-corrected chi connectivity index (χ4v) is 10.5. The van der Waals surface area contributed by atoms with E-state index in [-0.39, 0.29) is 33.4 Å². The van der Waals surface area contributed by atoms with Gasteiger partial charge in [-0.15, -0.1) is 45.3 Å². The average molecular weight is 714 g/mol. The normalized spacial score (nSPS) is 15.3. The van der Waals surface area contributed by atoms with Gasteiger partial charge < -0.3 is 26.4 Å². The largest absolute Gasteiger partial charge is 0.738 e. The Morgan fingerprint density at radius 2 is 1.28 bits per heavy atom. The van der Waals surface area contributed by atoms with Gasteiger partial charge in [-0.05, 0) is 35.0 Å². The number of fused-ring (bicyclic) bond motifs is 7. The van der Waals surface area contributed by atoms with E-state index in [4.69, 9.17) is 8.83 Å². The van der Waals surface area contributed by atoms with Crippen molar-refractivity contribution in [2.45, 2.75) is 0 Å². The smallest absolute Gasteiger partial charge is 0.454 e. The highest BCUT2D eigenvalue weighted by atomic mass is 32.1. The molecule has 0 spiro atoms. The van der Waals surface area contributed by atoms with E-state index in [9.17, 15) is 13.2 Å². The standard InChI is InChI=1S/C31H10BF7N2O2S4/c33-27-26(28(34)30(36)31(37)29(27)35)25-13-7-15-11(5-17(42-15)21-9-23-19(46-21)1-3-44-23)40(13)32(38,39)41-12-6-18(43-16(12)8-14(25)41)22-10-24-20(47-22)2-4-45-24/h1-10H. The third kappa shape index (κ3) is 3.55. The first-order valence-electron chi connectivity index (χ1n) is 13.8. The Morgan fingerprint density at radius 1 is 0.681 bits per heavy atom. The first-order chi connectivity index (χ1) is 22.6. The molecular weight excluding hydrogens is 704 g/mol. The van der Waals surface area contributed by atoms with Crippen molar-refractivity contribution in [1.82, 2.24) is 8.96 Å². The van der Waals surface area contributed by atoms with E-state index in [1.54, 1.807) is 0 Å². The summed E-state index contributed by atoms with van der Waals surface area (Å²) < 4.78 is 125. The molecule has 0 N–H and O–H groups in total. The molecule has 232 valence electrons. The Hall–Kier alpha value is -4.38. The van der Waals surface area contributed by atoms with Crippen molar-refractivity contribution in [3.05, 3.63) is 110 Å². The number of benzene rings is 1. The number of nitrogens with zero attached hydrogens (tertiary/aromatic N) is 2. The SMILES string of the molecule is Fc1c(F)c(F)c(C2=C3C=c4oc(-c5cc6sccc6s5)cc4=[N+]3[B-](F)(F)n3c2cc2oc(-c4cc5sccc5s4)cc23)c(F)c1F. The Balaban J connectivity index is 1.28. The molecule has 0 fully saturated rings. The molecule has 2 aliphatic heterocycles. The molecule has 4 nitrogen and oxygen atoms in total. The third-order valence-electron chi connectivity index (χ3n) is 8.41. The van der Waals surface area contributed by atoms with E-state index in [0.717, 1.165) is 30.9 Å². The van der Waals surface area contributed by atoms with Gasteiger partial charge in [0.15, 0.2) is 40.1 Å². The maximum absolute atomic E-state index is 17.0. The minimum atomic E-state index is -4.84. The summed E-state index contributed by atoms with van der Waals surface area (Å²) in [5, 5.41) is 3.73. The Labute approximate surface area is 272 Å². The zero-order chi connectivity index (χ0) is 32.1. The number of thiophene rings is 4. The summed E-state index contributed by atoms with van der Waals surface area (Å²) in [6.45, 7) is -4.84. The molecule has 1 aromatic carbocycles. The number of hydrogen-bond acceptors (Lipinski definition) is 6. The monoisotopic (exact) mass is 714 g/mol. The average Bonchev–Trinajstić information content (AvgIpc) is 3.84. The molecule has 7 aromatic heterocycles.